The molecule has 2 rings (SSSR count). The first kappa shape index (κ1) is 24.1. The minimum atomic E-state index is -3.79. The Morgan fingerprint density at radius 2 is 1.73 bits per heavy atom. The van der Waals surface area contributed by atoms with Crippen LogP contribution < -0.4 is 5.32 Å². The van der Waals surface area contributed by atoms with Crippen LogP contribution in [0.4, 0.5) is 4.79 Å². The van der Waals surface area contributed by atoms with Gasteiger partial charge < -0.3 is 15.0 Å². The first-order valence-electron chi connectivity index (χ1n) is 10.1. The van der Waals surface area contributed by atoms with E-state index in [-0.39, 0.29) is 23.3 Å². The topological polar surface area (TPSA) is 102 Å². The highest BCUT2D eigenvalue weighted by Gasteiger charge is 2.29. The molecule has 1 aliphatic rings. The average Bonchev–Trinajstić information content (AvgIpc) is 2.65. The van der Waals surface area contributed by atoms with E-state index in [1.807, 2.05) is 6.92 Å². The molecular weight excluding hydrogens is 408 g/mol. The van der Waals surface area contributed by atoms with E-state index in [9.17, 15) is 18.0 Å². The first-order chi connectivity index (χ1) is 13.9. The number of rotatable bonds is 6. The molecule has 1 aromatic carbocycles. The summed E-state index contributed by atoms with van der Waals surface area (Å²) in [6.07, 6.45) is 0.635. The molecule has 1 fully saturated rings. The van der Waals surface area contributed by atoms with Crippen LogP contribution >= 0.6 is 0 Å². The number of hydrogen-bond acceptors (Lipinski definition) is 6. The summed E-state index contributed by atoms with van der Waals surface area (Å²) in [6, 6.07) is 5.82. The molecule has 30 heavy (non-hydrogen) atoms. The third-order valence-corrected chi connectivity index (χ3v) is 6.09. The number of nitrogens with zero attached hydrogens (tertiary/aromatic N) is 1. The molecule has 1 aromatic rings. The lowest BCUT2D eigenvalue weighted by atomic mass is 9.97. The third-order valence-electron chi connectivity index (χ3n) is 4.80. The van der Waals surface area contributed by atoms with Crippen LogP contribution in [0.25, 0.3) is 0 Å². The summed E-state index contributed by atoms with van der Waals surface area (Å²) < 4.78 is 35.0. The van der Waals surface area contributed by atoms with E-state index in [4.69, 9.17) is 8.92 Å². The standard InChI is InChI=1S/C21H32N2O6S/c1-15-6-8-18(9-7-15)30(26,27)28-14-17-10-12-23(13-11-17)19(24)16(2)22-20(25)29-21(3,4)5/h6-9,16-17H,10-14H2,1-5H3,(H,22,25)/t16-/m1/s1. The van der Waals surface area contributed by atoms with Crippen LogP contribution in [0.1, 0.15) is 46.1 Å². The Bertz CT molecular complexity index is 837. The number of nitrogens with one attached hydrogen (secondary N) is 1. The maximum atomic E-state index is 12.6. The molecular formula is C21H32N2O6S. The quantitative estimate of drug-likeness (QED) is 0.683. The maximum Gasteiger partial charge on any atom is 0.408 e. The lowest BCUT2D eigenvalue weighted by Crippen LogP contribution is -2.50. The largest absolute Gasteiger partial charge is 0.444 e. The minimum Gasteiger partial charge on any atom is -0.444 e. The lowest BCUT2D eigenvalue weighted by molar-refractivity contribution is -0.134. The van der Waals surface area contributed by atoms with Gasteiger partial charge in [-0.1, -0.05) is 17.7 Å². The molecule has 1 heterocycles. The van der Waals surface area contributed by atoms with E-state index in [1.165, 1.54) is 12.1 Å². The van der Waals surface area contributed by atoms with E-state index in [0.717, 1.165) is 5.56 Å². The average molecular weight is 441 g/mol. The normalized spacial score (nSPS) is 16.8. The van der Waals surface area contributed by atoms with Crippen LogP contribution in [0, 0.1) is 12.8 Å². The molecule has 1 N–H and O–H groups in total. The molecule has 1 atom stereocenters. The highest BCUT2D eigenvalue weighted by Crippen LogP contribution is 2.21. The van der Waals surface area contributed by atoms with Gasteiger partial charge in [0.15, 0.2) is 0 Å². The van der Waals surface area contributed by atoms with Gasteiger partial charge in [-0.3, -0.25) is 8.98 Å². The van der Waals surface area contributed by atoms with Crippen LogP contribution in [0.15, 0.2) is 29.2 Å². The van der Waals surface area contributed by atoms with E-state index < -0.39 is 27.9 Å². The number of carbonyl (C=O) groups is 2. The fourth-order valence-electron chi connectivity index (χ4n) is 3.10. The van der Waals surface area contributed by atoms with Gasteiger partial charge in [0.2, 0.25) is 5.91 Å². The van der Waals surface area contributed by atoms with Crippen LogP contribution in [0.3, 0.4) is 0 Å². The number of aryl methyl sites for hydroxylation is 1. The van der Waals surface area contributed by atoms with E-state index in [0.29, 0.717) is 25.9 Å². The fraction of sp³-hybridized carbons (Fsp3) is 0.619. The Labute approximate surface area is 179 Å². The molecule has 0 spiro atoms. The van der Waals surface area contributed by atoms with E-state index >= 15 is 0 Å². The van der Waals surface area contributed by atoms with Gasteiger partial charge in [-0.25, -0.2) is 4.79 Å². The zero-order valence-corrected chi connectivity index (χ0v) is 19.1. The number of alkyl carbamates (subject to hydrolysis) is 1. The van der Waals surface area contributed by atoms with Crippen LogP contribution in [0.5, 0.6) is 0 Å². The van der Waals surface area contributed by atoms with Crippen molar-refractivity contribution in [2.75, 3.05) is 19.7 Å². The molecule has 1 saturated heterocycles. The summed E-state index contributed by atoms with van der Waals surface area (Å²) in [5.41, 5.74) is 0.339. The summed E-state index contributed by atoms with van der Waals surface area (Å²) in [4.78, 5) is 26.2. The molecule has 1 aliphatic heterocycles. The lowest BCUT2D eigenvalue weighted by Gasteiger charge is -2.33. The Kier molecular flexibility index (Phi) is 7.87. The molecule has 0 unspecified atom stereocenters. The Hall–Kier alpha value is -2.13. The van der Waals surface area contributed by atoms with Crippen molar-refractivity contribution in [3.8, 4) is 0 Å². The molecule has 8 nitrogen and oxygen atoms in total. The Morgan fingerprint density at radius 1 is 1.17 bits per heavy atom. The van der Waals surface area contributed by atoms with Gasteiger partial charge in [0.05, 0.1) is 11.5 Å². The van der Waals surface area contributed by atoms with Crippen LogP contribution in [0.2, 0.25) is 0 Å². The van der Waals surface area contributed by atoms with Gasteiger partial charge in [-0.15, -0.1) is 0 Å². The van der Waals surface area contributed by atoms with Gasteiger partial charge in [-0.2, -0.15) is 8.42 Å². The highest BCUT2D eigenvalue weighted by molar-refractivity contribution is 7.86. The summed E-state index contributed by atoms with van der Waals surface area (Å²) in [5.74, 6) is -0.143. The van der Waals surface area contributed by atoms with Crippen molar-refractivity contribution in [3.63, 3.8) is 0 Å². The van der Waals surface area contributed by atoms with Gasteiger partial charge >= 0.3 is 6.09 Å². The third kappa shape index (κ3) is 7.28. The molecule has 0 aliphatic carbocycles. The van der Waals surface area contributed by atoms with Crippen LogP contribution in [-0.4, -0.2) is 56.7 Å². The summed E-state index contributed by atoms with van der Waals surface area (Å²) in [5, 5.41) is 2.56. The van der Waals surface area contributed by atoms with Crippen molar-refractivity contribution in [3.05, 3.63) is 29.8 Å². The first-order valence-corrected chi connectivity index (χ1v) is 11.5. The maximum absolute atomic E-state index is 12.6. The van der Waals surface area contributed by atoms with Crippen molar-refractivity contribution in [1.29, 1.82) is 0 Å². The predicted octanol–water partition coefficient (Wildman–Crippen LogP) is 2.85. The Morgan fingerprint density at radius 3 is 2.27 bits per heavy atom. The van der Waals surface area contributed by atoms with Crippen molar-refractivity contribution in [2.45, 2.75) is 64.0 Å². The number of piperidine rings is 1. The number of ether oxygens (including phenoxy) is 1. The predicted molar refractivity (Wildman–Crippen MR) is 112 cm³/mol. The minimum absolute atomic E-state index is 0.0448. The SMILES string of the molecule is Cc1ccc(S(=O)(=O)OCC2CCN(C(=O)[C@@H](C)NC(=O)OC(C)(C)C)CC2)cc1. The molecule has 0 aromatic heterocycles. The van der Waals surface area contributed by atoms with Crippen molar-refractivity contribution < 1.29 is 26.9 Å². The smallest absolute Gasteiger partial charge is 0.408 e. The molecule has 168 valence electrons. The van der Waals surface area contributed by atoms with Crippen molar-refractivity contribution >= 4 is 22.1 Å². The van der Waals surface area contributed by atoms with Gasteiger partial charge in [-0.05, 0) is 65.5 Å². The summed E-state index contributed by atoms with van der Waals surface area (Å²) in [6.45, 7) is 9.83. The second-order valence-electron chi connectivity index (χ2n) is 8.69. The van der Waals surface area contributed by atoms with E-state index in [1.54, 1.807) is 44.7 Å². The number of amides is 2. The summed E-state index contributed by atoms with van der Waals surface area (Å²) in [7, 11) is -3.79. The van der Waals surface area contributed by atoms with Crippen LogP contribution in [-0.2, 0) is 23.8 Å². The van der Waals surface area contributed by atoms with Gasteiger partial charge in [0.25, 0.3) is 10.1 Å². The number of hydrogen-bond donors (Lipinski definition) is 1. The number of carbonyl (C=O) groups excluding carboxylic acids is 2. The number of benzene rings is 1. The molecule has 0 bridgehead atoms. The summed E-state index contributed by atoms with van der Waals surface area (Å²) >= 11 is 0. The second kappa shape index (κ2) is 9.78. The fourth-order valence-corrected chi connectivity index (χ4v) is 4.08. The van der Waals surface area contributed by atoms with Crippen molar-refractivity contribution in [2.24, 2.45) is 5.92 Å². The van der Waals surface area contributed by atoms with Gasteiger partial charge in [0.1, 0.15) is 11.6 Å². The monoisotopic (exact) mass is 440 g/mol. The molecule has 2 amide bonds. The van der Waals surface area contributed by atoms with Crippen molar-refractivity contribution in [1.82, 2.24) is 10.2 Å². The number of likely N-dealkylation sites (tertiary alicyclic amines) is 1. The zero-order chi connectivity index (χ0) is 22.5. The van der Waals surface area contributed by atoms with Gasteiger partial charge in [0, 0.05) is 13.1 Å². The van der Waals surface area contributed by atoms with E-state index in [2.05, 4.69) is 5.32 Å². The molecule has 0 radical (unpaired) electrons. The molecule has 0 saturated carbocycles. The second-order valence-corrected chi connectivity index (χ2v) is 10.3. The molecule has 9 heteroatoms. The highest BCUT2D eigenvalue weighted by atomic mass is 32.2. The zero-order valence-electron chi connectivity index (χ0n) is 18.3. The Balaban J connectivity index is 1.79.